The molecular weight excluding hydrogens is 176 g/mol. The van der Waals surface area contributed by atoms with E-state index in [9.17, 15) is 0 Å². The van der Waals surface area contributed by atoms with Crippen LogP contribution in [0.5, 0.6) is 0 Å². The van der Waals surface area contributed by atoms with Crippen LogP contribution in [0, 0.1) is 0 Å². The quantitative estimate of drug-likeness (QED) is 0.669. The molecule has 0 atom stereocenters. The van der Waals surface area contributed by atoms with Crippen molar-refractivity contribution in [2.75, 3.05) is 19.7 Å². The zero-order valence-electron chi connectivity index (χ0n) is 8.70. The number of pyridine rings is 1. The maximum atomic E-state index is 5.44. The topological polar surface area (TPSA) is 34.1 Å². The average Bonchev–Trinajstić information content (AvgIpc) is 2.25. The minimum absolute atomic E-state index is 0.606. The van der Waals surface area contributed by atoms with Crippen LogP contribution < -0.4 is 5.32 Å². The molecule has 1 aromatic rings. The van der Waals surface area contributed by atoms with Gasteiger partial charge in [-0.1, -0.05) is 13.0 Å². The van der Waals surface area contributed by atoms with Crippen LogP contribution in [0.2, 0.25) is 0 Å². The first-order valence-corrected chi connectivity index (χ1v) is 5.12. The molecule has 0 spiro atoms. The lowest BCUT2D eigenvalue weighted by Crippen LogP contribution is -2.20. The highest BCUT2D eigenvalue weighted by atomic mass is 16.5. The van der Waals surface area contributed by atoms with Gasteiger partial charge < -0.3 is 10.1 Å². The Bertz CT molecular complexity index is 226. The first-order valence-electron chi connectivity index (χ1n) is 5.12. The number of rotatable bonds is 7. The van der Waals surface area contributed by atoms with Gasteiger partial charge in [-0.2, -0.15) is 0 Å². The summed E-state index contributed by atoms with van der Waals surface area (Å²) in [6.45, 7) is 5.49. The van der Waals surface area contributed by atoms with Gasteiger partial charge in [0.25, 0.3) is 0 Å². The molecule has 0 radical (unpaired) electrons. The van der Waals surface area contributed by atoms with E-state index in [1.54, 1.807) is 6.20 Å². The largest absolute Gasteiger partial charge is 0.374 e. The summed E-state index contributed by atoms with van der Waals surface area (Å²) in [5.41, 5.74) is 0.989. The number of nitrogens with one attached hydrogen (secondary N) is 1. The van der Waals surface area contributed by atoms with Crippen LogP contribution in [0.3, 0.4) is 0 Å². The van der Waals surface area contributed by atoms with E-state index in [1.165, 1.54) is 6.42 Å². The van der Waals surface area contributed by atoms with Gasteiger partial charge in [-0.05, 0) is 25.1 Å². The van der Waals surface area contributed by atoms with Gasteiger partial charge in [0, 0.05) is 12.7 Å². The molecule has 1 heterocycles. The number of hydrogen-bond acceptors (Lipinski definition) is 3. The molecule has 0 bridgehead atoms. The third kappa shape index (κ3) is 4.94. The van der Waals surface area contributed by atoms with Crippen molar-refractivity contribution in [2.45, 2.75) is 20.0 Å². The third-order valence-electron chi connectivity index (χ3n) is 1.83. The summed E-state index contributed by atoms with van der Waals surface area (Å²) in [5, 5.41) is 3.28. The monoisotopic (exact) mass is 194 g/mol. The summed E-state index contributed by atoms with van der Waals surface area (Å²) >= 11 is 0. The molecule has 0 fully saturated rings. The average molecular weight is 194 g/mol. The van der Waals surface area contributed by atoms with Gasteiger partial charge in [0.2, 0.25) is 0 Å². The lowest BCUT2D eigenvalue weighted by Gasteiger charge is -2.04. The fraction of sp³-hybridized carbons (Fsp3) is 0.545. The van der Waals surface area contributed by atoms with E-state index in [-0.39, 0.29) is 0 Å². The molecule has 78 valence electrons. The Balaban J connectivity index is 1.99. The van der Waals surface area contributed by atoms with Crippen LogP contribution in [-0.2, 0) is 11.3 Å². The third-order valence-corrected chi connectivity index (χ3v) is 1.83. The lowest BCUT2D eigenvalue weighted by atomic mass is 10.4. The van der Waals surface area contributed by atoms with Crippen molar-refractivity contribution in [1.29, 1.82) is 0 Å². The number of aromatic nitrogens is 1. The van der Waals surface area contributed by atoms with Crippen LogP contribution in [0.1, 0.15) is 19.0 Å². The molecule has 1 aromatic heterocycles. The molecule has 0 aliphatic rings. The molecule has 0 saturated carbocycles. The van der Waals surface area contributed by atoms with Crippen molar-refractivity contribution in [3.63, 3.8) is 0 Å². The van der Waals surface area contributed by atoms with Crippen LogP contribution in [0.25, 0.3) is 0 Å². The van der Waals surface area contributed by atoms with E-state index in [1.807, 2.05) is 18.2 Å². The number of hydrogen-bond donors (Lipinski definition) is 1. The molecule has 1 rings (SSSR count). The summed E-state index contributed by atoms with van der Waals surface area (Å²) in [6.07, 6.45) is 2.95. The Hall–Kier alpha value is -0.930. The van der Waals surface area contributed by atoms with E-state index in [0.717, 1.165) is 25.4 Å². The molecule has 0 aliphatic heterocycles. The van der Waals surface area contributed by atoms with Crippen molar-refractivity contribution in [2.24, 2.45) is 0 Å². The van der Waals surface area contributed by atoms with E-state index in [0.29, 0.717) is 6.61 Å². The summed E-state index contributed by atoms with van der Waals surface area (Å²) in [5.74, 6) is 0. The van der Waals surface area contributed by atoms with Gasteiger partial charge >= 0.3 is 0 Å². The van der Waals surface area contributed by atoms with Gasteiger partial charge in [0.1, 0.15) is 0 Å². The molecule has 14 heavy (non-hydrogen) atoms. The smallest absolute Gasteiger partial charge is 0.0888 e. The van der Waals surface area contributed by atoms with E-state index < -0.39 is 0 Å². The number of nitrogens with zero attached hydrogens (tertiary/aromatic N) is 1. The first kappa shape index (κ1) is 11.1. The molecule has 0 unspecified atom stereocenters. The van der Waals surface area contributed by atoms with Gasteiger partial charge in [0.15, 0.2) is 0 Å². The van der Waals surface area contributed by atoms with Gasteiger partial charge in [-0.3, -0.25) is 4.98 Å². The second-order valence-corrected chi connectivity index (χ2v) is 3.12. The second-order valence-electron chi connectivity index (χ2n) is 3.12. The highest BCUT2D eigenvalue weighted by Gasteiger charge is 1.92. The van der Waals surface area contributed by atoms with Crippen molar-refractivity contribution in [3.05, 3.63) is 30.1 Å². The minimum Gasteiger partial charge on any atom is -0.374 e. The Morgan fingerprint density at radius 3 is 3.00 bits per heavy atom. The Morgan fingerprint density at radius 1 is 1.36 bits per heavy atom. The van der Waals surface area contributed by atoms with E-state index >= 15 is 0 Å². The van der Waals surface area contributed by atoms with Gasteiger partial charge in [-0.15, -0.1) is 0 Å². The molecule has 3 nitrogen and oxygen atoms in total. The fourth-order valence-corrected chi connectivity index (χ4v) is 1.11. The van der Waals surface area contributed by atoms with E-state index in [2.05, 4.69) is 17.2 Å². The maximum Gasteiger partial charge on any atom is 0.0888 e. The SMILES string of the molecule is CCCNCCOCc1ccccn1. The predicted octanol–water partition coefficient (Wildman–Crippen LogP) is 1.60. The van der Waals surface area contributed by atoms with E-state index in [4.69, 9.17) is 4.74 Å². The zero-order chi connectivity index (χ0) is 10.1. The van der Waals surface area contributed by atoms with Crippen LogP contribution in [0.15, 0.2) is 24.4 Å². The normalized spacial score (nSPS) is 10.4. The van der Waals surface area contributed by atoms with Crippen molar-refractivity contribution in [1.82, 2.24) is 10.3 Å². The summed E-state index contributed by atoms with van der Waals surface area (Å²) in [6, 6.07) is 5.85. The fourth-order valence-electron chi connectivity index (χ4n) is 1.11. The van der Waals surface area contributed by atoms with Gasteiger partial charge in [-0.25, -0.2) is 0 Å². The van der Waals surface area contributed by atoms with Crippen molar-refractivity contribution in [3.8, 4) is 0 Å². The summed E-state index contributed by atoms with van der Waals surface area (Å²) in [7, 11) is 0. The van der Waals surface area contributed by atoms with Crippen molar-refractivity contribution < 1.29 is 4.74 Å². The van der Waals surface area contributed by atoms with Crippen LogP contribution in [-0.4, -0.2) is 24.7 Å². The standard InChI is InChI=1S/C11H18N2O/c1-2-6-12-8-9-14-10-11-5-3-4-7-13-11/h3-5,7,12H,2,6,8-10H2,1H3. The number of ether oxygens (including phenoxy) is 1. The zero-order valence-corrected chi connectivity index (χ0v) is 8.70. The molecule has 3 heteroatoms. The van der Waals surface area contributed by atoms with Crippen molar-refractivity contribution >= 4 is 0 Å². The second kappa shape index (κ2) is 7.47. The Morgan fingerprint density at radius 2 is 2.29 bits per heavy atom. The minimum atomic E-state index is 0.606. The molecule has 0 aromatic carbocycles. The summed E-state index contributed by atoms with van der Waals surface area (Å²) in [4.78, 5) is 4.17. The van der Waals surface area contributed by atoms with Crippen LogP contribution >= 0.6 is 0 Å². The highest BCUT2D eigenvalue weighted by Crippen LogP contribution is 1.94. The molecule has 0 saturated heterocycles. The first-order chi connectivity index (χ1) is 6.93. The molecule has 1 N–H and O–H groups in total. The highest BCUT2D eigenvalue weighted by molar-refractivity contribution is 5.01. The molecular formula is C11H18N2O. The van der Waals surface area contributed by atoms with Crippen LogP contribution in [0.4, 0.5) is 0 Å². The Kier molecular flexibility index (Phi) is 5.95. The maximum absolute atomic E-state index is 5.44. The molecule has 0 amide bonds. The summed E-state index contributed by atoms with van der Waals surface area (Å²) < 4.78 is 5.44. The van der Waals surface area contributed by atoms with Gasteiger partial charge in [0.05, 0.1) is 18.9 Å². The molecule has 0 aliphatic carbocycles. The lowest BCUT2D eigenvalue weighted by molar-refractivity contribution is 0.120. The Labute approximate surface area is 85.5 Å². The predicted molar refractivity (Wildman–Crippen MR) is 57.1 cm³/mol.